The molecule has 2 aromatic carbocycles. The average Bonchev–Trinajstić information content (AvgIpc) is 2.80. The summed E-state index contributed by atoms with van der Waals surface area (Å²) in [5.74, 6) is 0.362. The molecule has 104 valence electrons. The molecule has 0 aliphatic carbocycles. The van der Waals surface area contributed by atoms with Crippen molar-refractivity contribution in [1.82, 2.24) is 9.55 Å². The van der Waals surface area contributed by atoms with Crippen molar-refractivity contribution < 1.29 is 0 Å². The normalized spacial score (nSPS) is 10.6. The van der Waals surface area contributed by atoms with Crippen LogP contribution in [0.25, 0.3) is 27.2 Å². The highest BCUT2D eigenvalue weighted by Gasteiger charge is 2.12. The van der Waals surface area contributed by atoms with Crippen molar-refractivity contribution in [2.24, 2.45) is 5.11 Å². The molecule has 3 rings (SSSR count). The first kappa shape index (κ1) is 13.2. The number of imidazole rings is 1. The zero-order chi connectivity index (χ0) is 15.0. The second kappa shape index (κ2) is 4.96. The van der Waals surface area contributed by atoms with Gasteiger partial charge in [0.05, 0.1) is 11.0 Å². The van der Waals surface area contributed by atoms with Crippen LogP contribution in [0.15, 0.2) is 41.5 Å². The number of hydrogen-bond acceptors (Lipinski definition) is 2. The first-order chi connectivity index (χ1) is 10.1. The summed E-state index contributed by atoms with van der Waals surface area (Å²) in [6.07, 6.45) is 0. The van der Waals surface area contributed by atoms with Gasteiger partial charge in [-0.3, -0.25) is 4.57 Å². The fourth-order valence-electron chi connectivity index (χ4n) is 2.40. The van der Waals surface area contributed by atoms with E-state index in [0.29, 0.717) is 5.95 Å². The van der Waals surface area contributed by atoms with E-state index >= 15 is 0 Å². The number of aromatic nitrogens is 2. The van der Waals surface area contributed by atoms with Crippen molar-refractivity contribution in [3.05, 3.63) is 63.5 Å². The molecular formula is C16H15N5. The lowest BCUT2D eigenvalue weighted by molar-refractivity contribution is 1.06. The van der Waals surface area contributed by atoms with Crippen LogP contribution in [0.4, 0.5) is 5.95 Å². The highest BCUT2D eigenvalue weighted by Crippen LogP contribution is 2.28. The smallest absolute Gasteiger partial charge is 0.202 e. The van der Waals surface area contributed by atoms with Gasteiger partial charge >= 0.3 is 0 Å². The zero-order valence-electron chi connectivity index (χ0n) is 12.2. The molecule has 0 spiro atoms. The lowest BCUT2D eigenvalue weighted by Crippen LogP contribution is -1.95. The van der Waals surface area contributed by atoms with Crippen molar-refractivity contribution in [3.63, 3.8) is 0 Å². The van der Waals surface area contributed by atoms with Gasteiger partial charge < -0.3 is 0 Å². The maximum absolute atomic E-state index is 8.77. The number of aryl methyl sites for hydroxylation is 3. The summed E-state index contributed by atoms with van der Waals surface area (Å²) in [6, 6.07) is 12.1. The van der Waals surface area contributed by atoms with Crippen molar-refractivity contribution in [2.75, 3.05) is 0 Å². The minimum Gasteiger partial charge on any atom is -0.291 e. The summed E-state index contributed by atoms with van der Waals surface area (Å²) in [4.78, 5) is 7.31. The molecule has 1 aromatic heterocycles. The van der Waals surface area contributed by atoms with E-state index in [1.165, 1.54) is 11.1 Å². The molecule has 0 fully saturated rings. The van der Waals surface area contributed by atoms with Gasteiger partial charge in [0.15, 0.2) is 0 Å². The van der Waals surface area contributed by atoms with Gasteiger partial charge in [-0.15, -0.1) is 0 Å². The maximum atomic E-state index is 8.77. The second-order valence-corrected chi connectivity index (χ2v) is 5.20. The van der Waals surface area contributed by atoms with E-state index < -0.39 is 0 Å². The first-order valence-corrected chi connectivity index (χ1v) is 6.72. The minimum atomic E-state index is 0.362. The van der Waals surface area contributed by atoms with Crippen molar-refractivity contribution in [3.8, 4) is 5.69 Å². The lowest BCUT2D eigenvalue weighted by atomic mass is 10.1. The second-order valence-electron chi connectivity index (χ2n) is 5.20. The Hall–Kier alpha value is -2.78. The SMILES string of the molecule is Cc1ccc2nc(N=[N+]=[N-])n(-c3ccc(C)c(C)c3)c2c1. The molecule has 21 heavy (non-hydrogen) atoms. The molecule has 0 N–H and O–H groups in total. The quantitative estimate of drug-likeness (QED) is 0.373. The van der Waals surface area contributed by atoms with Gasteiger partial charge in [0.2, 0.25) is 5.95 Å². The monoisotopic (exact) mass is 277 g/mol. The molecule has 0 aliphatic heterocycles. The highest BCUT2D eigenvalue weighted by atomic mass is 15.3. The van der Waals surface area contributed by atoms with Gasteiger partial charge in [-0.05, 0) is 72.4 Å². The van der Waals surface area contributed by atoms with E-state index in [-0.39, 0.29) is 0 Å². The fraction of sp³-hybridized carbons (Fsp3) is 0.188. The Labute approximate surface area is 122 Å². The van der Waals surface area contributed by atoms with Crippen LogP contribution >= 0.6 is 0 Å². The summed E-state index contributed by atoms with van der Waals surface area (Å²) < 4.78 is 1.90. The Kier molecular flexibility index (Phi) is 3.12. The average molecular weight is 277 g/mol. The summed E-state index contributed by atoms with van der Waals surface area (Å²) >= 11 is 0. The maximum Gasteiger partial charge on any atom is 0.202 e. The van der Waals surface area contributed by atoms with E-state index in [0.717, 1.165) is 22.3 Å². The Bertz CT molecular complexity index is 885. The van der Waals surface area contributed by atoms with E-state index in [1.807, 2.05) is 35.8 Å². The number of nitrogens with zero attached hydrogens (tertiary/aromatic N) is 5. The molecule has 5 heteroatoms. The Morgan fingerprint density at radius 2 is 1.86 bits per heavy atom. The van der Waals surface area contributed by atoms with Crippen molar-refractivity contribution in [1.29, 1.82) is 0 Å². The lowest BCUT2D eigenvalue weighted by Gasteiger charge is -2.09. The minimum absolute atomic E-state index is 0.362. The van der Waals surface area contributed by atoms with Gasteiger partial charge in [-0.25, -0.2) is 4.98 Å². The van der Waals surface area contributed by atoms with Gasteiger partial charge in [0.1, 0.15) is 0 Å². The molecule has 0 unspecified atom stereocenters. The van der Waals surface area contributed by atoms with Crippen LogP contribution in [0.2, 0.25) is 0 Å². The Balaban J connectivity index is 2.37. The summed E-state index contributed by atoms with van der Waals surface area (Å²) in [6.45, 7) is 6.17. The first-order valence-electron chi connectivity index (χ1n) is 6.72. The van der Waals surface area contributed by atoms with Crippen LogP contribution in [0.5, 0.6) is 0 Å². The van der Waals surface area contributed by atoms with Gasteiger partial charge in [0.25, 0.3) is 0 Å². The summed E-state index contributed by atoms with van der Waals surface area (Å²) in [5.41, 5.74) is 15.0. The molecule has 5 nitrogen and oxygen atoms in total. The molecule has 0 bridgehead atoms. The van der Waals surface area contributed by atoms with Gasteiger partial charge in [0, 0.05) is 10.6 Å². The van der Waals surface area contributed by atoms with Crippen molar-refractivity contribution in [2.45, 2.75) is 20.8 Å². The number of rotatable bonds is 2. The molecular weight excluding hydrogens is 262 g/mol. The highest BCUT2D eigenvalue weighted by molar-refractivity contribution is 5.81. The number of benzene rings is 2. The molecule has 3 aromatic rings. The van der Waals surface area contributed by atoms with Crippen LogP contribution in [-0.2, 0) is 0 Å². The van der Waals surface area contributed by atoms with Gasteiger partial charge in [-0.1, -0.05) is 12.1 Å². The fourth-order valence-corrected chi connectivity index (χ4v) is 2.40. The molecule has 0 saturated carbocycles. The number of fused-ring (bicyclic) bond motifs is 1. The molecule has 0 atom stereocenters. The molecule has 0 radical (unpaired) electrons. The Morgan fingerprint density at radius 1 is 1.05 bits per heavy atom. The van der Waals surface area contributed by atoms with E-state index in [2.05, 4.69) is 41.0 Å². The van der Waals surface area contributed by atoms with Crippen LogP contribution in [0.3, 0.4) is 0 Å². The van der Waals surface area contributed by atoms with Gasteiger partial charge in [-0.2, -0.15) is 0 Å². The van der Waals surface area contributed by atoms with Crippen molar-refractivity contribution >= 4 is 17.0 Å². The van der Waals surface area contributed by atoms with Crippen LogP contribution in [0, 0.1) is 20.8 Å². The van der Waals surface area contributed by atoms with E-state index in [9.17, 15) is 0 Å². The van der Waals surface area contributed by atoms with Crippen LogP contribution in [-0.4, -0.2) is 9.55 Å². The van der Waals surface area contributed by atoms with Crippen LogP contribution < -0.4 is 0 Å². The molecule has 0 amide bonds. The standard InChI is InChI=1S/C16H15N5/c1-10-4-7-14-15(8-10)21(16(18-14)19-20-17)13-6-5-11(2)12(3)9-13/h4-9H,1-3H3. The number of azide groups is 1. The molecule has 0 saturated heterocycles. The third-order valence-electron chi connectivity index (χ3n) is 3.68. The predicted molar refractivity (Wildman–Crippen MR) is 84.1 cm³/mol. The third kappa shape index (κ3) is 2.24. The summed E-state index contributed by atoms with van der Waals surface area (Å²) in [7, 11) is 0. The Morgan fingerprint density at radius 3 is 2.57 bits per heavy atom. The van der Waals surface area contributed by atoms with E-state index in [1.54, 1.807) is 0 Å². The summed E-state index contributed by atoms with van der Waals surface area (Å²) in [5, 5.41) is 3.73. The third-order valence-corrected chi connectivity index (χ3v) is 3.68. The molecule has 1 heterocycles. The van der Waals surface area contributed by atoms with E-state index in [4.69, 9.17) is 5.53 Å². The largest absolute Gasteiger partial charge is 0.291 e. The predicted octanol–water partition coefficient (Wildman–Crippen LogP) is 4.89. The number of hydrogen-bond donors (Lipinski definition) is 0. The topological polar surface area (TPSA) is 66.6 Å². The zero-order valence-corrected chi connectivity index (χ0v) is 12.2. The molecule has 0 aliphatic rings. The van der Waals surface area contributed by atoms with Crippen LogP contribution in [0.1, 0.15) is 16.7 Å².